The van der Waals surface area contributed by atoms with E-state index >= 15 is 0 Å². The second kappa shape index (κ2) is 12.8. The highest BCUT2D eigenvalue weighted by Crippen LogP contribution is 2.33. The van der Waals surface area contributed by atoms with Crippen LogP contribution in [0.25, 0.3) is 0 Å². The first-order chi connectivity index (χ1) is 16.9. The molecule has 1 amide bonds. The molecule has 0 fully saturated rings. The monoisotopic (exact) mass is 496 g/mol. The molecule has 0 saturated carbocycles. The van der Waals surface area contributed by atoms with Gasteiger partial charge in [0.2, 0.25) is 15.9 Å². The van der Waals surface area contributed by atoms with E-state index in [1.54, 1.807) is 36.4 Å². The van der Waals surface area contributed by atoms with Gasteiger partial charge in [0.15, 0.2) is 5.75 Å². The Hall–Kier alpha value is -3.52. The van der Waals surface area contributed by atoms with Gasteiger partial charge in [-0.1, -0.05) is 55.5 Å². The Kier molecular flexibility index (Phi) is 9.55. The third kappa shape index (κ3) is 8.03. The number of benzene rings is 3. The van der Waals surface area contributed by atoms with Crippen LogP contribution in [0.3, 0.4) is 0 Å². The molecule has 0 bridgehead atoms. The summed E-state index contributed by atoms with van der Waals surface area (Å²) in [6, 6.07) is 23.7. The van der Waals surface area contributed by atoms with Gasteiger partial charge in [0.05, 0.1) is 18.6 Å². The predicted octanol–water partition coefficient (Wildman–Crippen LogP) is 4.78. The molecule has 0 spiro atoms. The largest absolute Gasteiger partial charge is 0.493 e. The standard InChI is InChI=1S/C27H32N2O5S/c1-3-20-33-25-17-9-7-12-22(25)13-11-19-28-27(30)21-29(35(2,31)32)24-16-8-10-18-26(24)34-23-14-5-4-6-15-23/h4-10,12,14-18H,3,11,13,19-21H2,1-2H3,(H,28,30). The van der Waals surface area contributed by atoms with E-state index in [1.165, 1.54) is 0 Å². The van der Waals surface area contributed by atoms with Crippen molar-refractivity contribution in [2.75, 3.05) is 30.3 Å². The maximum Gasteiger partial charge on any atom is 0.240 e. The van der Waals surface area contributed by atoms with Crippen molar-refractivity contribution in [3.8, 4) is 17.2 Å². The molecule has 0 aliphatic carbocycles. The van der Waals surface area contributed by atoms with Crippen LogP contribution >= 0.6 is 0 Å². The zero-order valence-corrected chi connectivity index (χ0v) is 21.0. The molecule has 7 nitrogen and oxygen atoms in total. The molecule has 3 aromatic rings. The van der Waals surface area contributed by atoms with Gasteiger partial charge in [-0.3, -0.25) is 9.10 Å². The number of para-hydroxylation sites is 4. The summed E-state index contributed by atoms with van der Waals surface area (Å²) in [6.07, 6.45) is 3.45. The fourth-order valence-electron chi connectivity index (χ4n) is 3.50. The van der Waals surface area contributed by atoms with Crippen molar-refractivity contribution < 1.29 is 22.7 Å². The number of sulfonamides is 1. The topological polar surface area (TPSA) is 84.9 Å². The fraction of sp³-hybridized carbons (Fsp3) is 0.296. The Morgan fingerprint density at radius 1 is 0.914 bits per heavy atom. The van der Waals surface area contributed by atoms with Gasteiger partial charge in [0.1, 0.15) is 18.0 Å². The van der Waals surface area contributed by atoms with Crippen molar-refractivity contribution in [2.45, 2.75) is 26.2 Å². The minimum absolute atomic E-state index is 0.302. The van der Waals surface area contributed by atoms with Gasteiger partial charge < -0.3 is 14.8 Å². The molecule has 0 atom stereocenters. The van der Waals surface area contributed by atoms with Crippen molar-refractivity contribution in [1.82, 2.24) is 5.32 Å². The molecule has 0 aliphatic heterocycles. The average Bonchev–Trinajstić information content (AvgIpc) is 2.85. The maximum absolute atomic E-state index is 12.7. The van der Waals surface area contributed by atoms with Crippen LogP contribution in [0.2, 0.25) is 0 Å². The number of hydrogen-bond donors (Lipinski definition) is 1. The van der Waals surface area contributed by atoms with Gasteiger partial charge in [-0.25, -0.2) is 8.42 Å². The van der Waals surface area contributed by atoms with Crippen molar-refractivity contribution in [3.05, 3.63) is 84.4 Å². The highest BCUT2D eigenvalue weighted by Gasteiger charge is 2.24. The number of carbonyl (C=O) groups is 1. The SMILES string of the molecule is CCCOc1ccccc1CCCNC(=O)CN(c1ccccc1Oc1ccccc1)S(C)(=O)=O. The Bertz CT molecular complexity index is 1200. The molecule has 1 N–H and O–H groups in total. The van der Waals surface area contributed by atoms with E-state index in [0.29, 0.717) is 36.8 Å². The van der Waals surface area contributed by atoms with Crippen molar-refractivity contribution in [2.24, 2.45) is 0 Å². The predicted molar refractivity (Wildman–Crippen MR) is 139 cm³/mol. The molecular weight excluding hydrogens is 464 g/mol. The Balaban J connectivity index is 1.62. The number of carbonyl (C=O) groups excluding carboxylic acids is 1. The number of anilines is 1. The molecule has 0 aromatic heterocycles. The second-order valence-electron chi connectivity index (χ2n) is 8.06. The van der Waals surface area contributed by atoms with Crippen LogP contribution in [0.5, 0.6) is 17.2 Å². The summed E-state index contributed by atoms with van der Waals surface area (Å²) in [5.41, 5.74) is 1.39. The van der Waals surface area contributed by atoms with E-state index in [2.05, 4.69) is 12.2 Å². The molecule has 0 radical (unpaired) electrons. The van der Waals surface area contributed by atoms with E-state index in [9.17, 15) is 13.2 Å². The lowest BCUT2D eigenvalue weighted by atomic mass is 10.1. The van der Waals surface area contributed by atoms with E-state index < -0.39 is 10.0 Å². The molecular formula is C27H32N2O5S. The molecule has 0 heterocycles. The smallest absolute Gasteiger partial charge is 0.240 e. The molecule has 186 valence electrons. The van der Waals surface area contributed by atoms with Crippen molar-refractivity contribution >= 4 is 21.6 Å². The lowest BCUT2D eigenvalue weighted by molar-refractivity contribution is -0.119. The number of hydrogen-bond acceptors (Lipinski definition) is 5. The lowest BCUT2D eigenvalue weighted by Gasteiger charge is -2.24. The van der Waals surface area contributed by atoms with Crippen molar-refractivity contribution in [3.63, 3.8) is 0 Å². The number of aryl methyl sites for hydroxylation is 1. The summed E-state index contributed by atoms with van der Waals surface area (Å²) in [5.74, 6) is 1.39. The van der Waals surface area contributed by atoms with Crippen LogP contribution < -0.4 is 19.1 Å². The molecule has 0 saturated heterocycles. The minimum atomic E-state index is -3.74. The third-order valence-corrected chi connectivity index (χ3v) is 6.30. The molecule has 0 aliphatic rings. The molecule has 0 unspecified atom stereocenters. The summed E-state index contributed by atoms with van der Waals surface area (Å²) in [6.45, 7) is 2.79. The van der Waals surface area contributed by atoms with Crippen LogP contribution in [-0.4, -0.2) is 40.3 Å². The highest BCUT2D eigenvalue weighted by atomic mass is 32.2. The zero-order chi connectivity index (χ0) is 25.1. The second-order valence-corrected chi connectivity index (χ2v) is 9.97. The van der Waals surface area contributed by atoms with Gasteiger partial charge in [0, 0.05) is 6.54 Å². The zero-order valence-electron chi connectivity index (χ0n) is 20.1. The van der Waals surface area contributed by atoms with Crippen LogP contribution in [0.1, 0.15) is 25.3 Å². The van der Waals surface area contributed by atoms with E-state index in [-0.39, 0.29) is 12.5 Å². The normalized spacial score (nSPS) is 11.0. The van der Waals surface area contributed by atoms with Crippen LogP contribution in [0, 0.1) is 0 Å². The van der Waals surface area contributed by atoms with Gasteiger partial charge in [-0.05, 0) is 55.2 Å². The van der Waals surface area contributed by atoms with Crippen LogP contribution in [-0.2, 0) is 21.2 Å². The summed E-state index contributed by atoms with van der Waals surface area (Å²) in [4.78, 5) is 12.7. The number of nitrogens with one attached hydrogen (secondary N) is 1. The van der Waals surface area contributed by atoms with E-state index in [0.717, 1.165) is 34.7 Å². The van der Waals surface area contributed by atoms with Gasteiger partial charge in [-0.15, -0.1) is 0 Å². The van der Waals surface area contributed by atoms with Gasteiger partial charge in [-0.2, -0.15) is 0 Å². The summed E-state index contributed by atoms with van der Waals surface area (Å²) in [5, 5.41) is 2.83. The number of ether oxygens (including phenoxy) is 2. The first-order valence-electron chi connectivity index (χ1n) is 11.7. The summed E-state index contributed by atoms with van der Waals surface area (Å²) < 4.78 is 37.9. The molecule has 35 heavy (non-hydrogen) atoms. The molecule has 3 aromatic carbocycles. The number of rotatable bonds is 13. The van der Waals surface area contributed by atoms with E-state index in [4.69, 9.17) is 9.47 Å². The quantitative estimate of drug-likeness (QED) is 0.344. The first kappa shape index (κ1) is 26.1. The molecule has 3 rings (SSSR count). The summed E-state index contributed by atoms with van der Waals surface area (Å²) >= 11 is 0. The first-order valence-corrected chi connectivity index (χ1v) is 13.5. The number of amides is 1. The van der Waals surface area contributed by atoms with Crippen LogP contribution in [0.4, 0.5) is 5.69 Å². The maximum atomic E-state index is 12.7. The highest BCUT2D eigenvalue weighted by molar-refractivity contribution is 7.92. The van der Waals surface area contributed by atoms with Crippen LogP contribution in [0.15, 0.2) is 78.9 Å². The van der Waals surface area contributed by atoms with Crippen molar-refractivity contribution in [1.29, 1.82) is 0 Å². The number of nitrogens with zero attached hydrogens (tertiary/aromatic N) is 1. The minimum Gasteiger partial charge on any atom is -0.493 e. The fourth-order valence-corrected chi connectivity index (χ4v) is 4.36. The Morgan fingerprint density at radius 2 is 1.57 bits per heavy atom. The van der Waals surface area contributed by atoms with E-state index in [1.807, 2.05) is 42.5 Å². The summed E-state index contributed by atoms with van der Waals surface area (Å²) in [7, 11) is -3.74. The van der Waals surface area contributed by atoms with Gasteiger partial charge in [0.25, 0.3) is 0 Å². The Morgan fingerprint density at radius 3 is 2.29 bits per heavy atom. The lowest BCUT2D eigenvalue weighted by Crippen LogP contribution is -2.40. The molecule has 8 heteroatoms. The average molecular weight is 497 g/mol. The van der Waals surface area contributed by atoms with Gasteiger partial charge >= 0.3 is 0 Å². The third-order valence-electron chi connectivity index (χ3n) is 5.17. The Labute approximate surface area is 207 Å².